The van der Waals surface area contributed by atoms with Gasteiger partial charge in [0.1, 0.15) is 53.9 Å². The molecule has 0 bridgehead atoms. The minimum absolute atomic E-state index is 0.0440. The monoisotopic (exact) mass is 1360 g/mol. The first kappa shape index (κ1) is 75.0. The summed E-state index contributed by atoms with van der Waals surface area (Å²) >= 11 is 0. The number of carbonyl (C=O) groups is 11. The molecule has 2 fully saturated rings. The average molecular weight is 1360 g/mol. The van der Waals surface area contributed by atoms with Crippen LogP contribution in [0.15, 0.2) is 97.2 Å². The Labute approximate surface area is 567 Å². The number of nitrogens with one attached hydrogen (secondary N) is 11. The number of ether oxygens (including phenoxy) is 1. The number of aliphatic hydroxyl groups excluding tert-OH is 1. The number of benzene rings is 4. The van der Waals surface area contributed by atoms with Crippen molar-refractivity contribution in [3.63, 3.8) is 0 Å². The van der Waals surface area contributed by atoms with Crippen LogP contribution in [0, 0.1) is 6.92 Å². The molecule has 1 aromatic heterocycles. The number of para-hydroxylation sites is 1. The summed E-state index contributed by atoms with van der Waals surface area (Å²) < 4.78 is 2.78. The maximum Gasteiger partial charge on any atom is 0.245 e. The van der Waals surface area contributed by atoms with Crippen molar-refractivity contribution in [1.29, 1.82) is 0 Å². The van der Waals surface area contributed by atoms with Gasteiger partial charge in [-0.05, 0) is 114 Å². The zero-order valence-electron chi connectivity index (χ0n) is 55.9. The molecule has 9 atom stereocenters. The van der Waals surface area contributed by atoms with Gasteiger partial charge in [0.25, 0.3) is 0 Å². The smallest absolute Gasteiger partial charge is 0.245 e. The summed E-state index contributed by atoms with van der Waals surface area (Å²) in [5.74, 6) is -8.13. The fraction of sp³-hybridized carbons (Fsp3) is 0.493. The Morgan fingerprint density at radius 3 is 1.94 bits per heavy atom. The van der Waals surface area contributed by atoms with Gasteiger partial charge in [0.2, 0.25) is 59.1 Å². The van der Waals surface area contributed by atoms with E-state index in [9.17, 15) is 38.7 Å². The Bertz CT molecular complexity index is 3630. The summed E-state index contributed by atoms with van der Waals surface area (Å²) in [4.78, 5) is 162. The number of unbranched alkanes of at least 4 members (excludes halogenated alkanes) is 1. The number of amides is 10. The molecule has 2 aliphatic heterocycles. The van der Waals surface area contributed by atoms with Gasteiger partial charge >= 0.3 is 0 Å². The molecule has 27 heteroatoms. The standard InChI is InChI=1S/C69H92N12O13S2/c1-39-18-17-23-49-48(38-72-55(39)49)37-54-62(89)74-50(24-15-16-31-71-42(4)84)60(87)80-58(68(8,9)96-95-67(6,7)57(73-43(5)85)65(92)75-51(27-30-70)59(86)79-56(40(2)82)64(91)77-54)66(93)78-52(35-44-19-11-10-12-20-44)61(88)76-53(36-45-25-26-46-21-13-14-22-47(46)34-45)63(90)81-69(41(3)83)28-32-94-33-29-69/h10-14,17-23,25-26,34,38,40,50-54,56-58,72,82H,15-16,24,27-33,35-37,70H2,1-9H3,(H,71,84)(H,73,85)(H,74,89)(H,75,92)(H,76,88)(H,77,91)(H,78,93)(H,79,86)(H,80,87)(H,81,90)/t40-,50+,51+,52+,53+,54+,56+,57-,58-/m1/s1. The summed E-state index contributed by atoms with van der Waals surface area (Å²) in [7, 11) is 2.09. The lowest BCUT2D eigenvalue weighted by atomic mass is 9.85. The molecule has 0 unspecified atom stereocenters. The van der Waals surface area contributed by atoms with Crippen LogP contribution in [0.4, 0.5) is 0 Å². The molecule has 0 aliphatic carbocycles. The van der Waals surface area contributed by atoms with Crippen LogP contribution in [0.1, 0.15) is 116 Å². The summed E-state index contributed by atoms with van der Waals surface area (Å²) in [5, 5.41) is 41.6. The second-order valence-corrected chi connectivity index (χ2v) is 29.3. The number of aromatic amines is 1. The van der Waals surface area contributed by atoms with E-state index in [1.807, 2.05) is 67.6 Å². The van der Waals surface area contributed by atoms with Crippen LogP contribution < -0.4 is 58.9 Å². The second kappa shape index (κ2) is 34.0. The van der Waals surface area contributed by atoms with Gasteiger partial charge in [0.15, 0.2) is 5.78 Å². The first-order chi connectivity index (χ1) is 45.5. The summed E-state index contributed by atoms with van der Waals surface area (Å²) in [5.41, 5.74) is 8.18. The number of carbonyl (C=O) groups excluding carboxylic acids is 11. The molecule has 0 radical (unpaired) electrons. The van der Waals surface area contributed by atoms with Crippen LogP contribution >= 0.6 is 21.6 Å². The molecular weight excluding hydrogens is 1270 g/mol. The Morgan fingerprint density at radius 2 is 1.27 bits per heavy atom. The number of ketones is 1. The normalized spacial score (nSPS) is 22.1. The predicted octanol–water partition coefficient (Wildman–Crippen LogP) is 2.80. The van der Waals surface area contributed by atoms with Crippen molar-refractivity contribution in [1.82, 2.24) is 58.2 Å². The zero-order valence-corrected chi connectivity index (χ0v) is 57.5. The van der Waals surface area contributed by atoms with Crippen molar-refractivity contribution in [3.05, 3.63) is 119 Å². The molecule has 2 saturated heterocycles. The molecule has 0 saturated carbocycles. The third-order valence-electron chi connectivity index (χ3n) is 17.3. The third-order valence-corrected chi connectivity index (χ3v) is 21.6. The quantitative estimate of drug-likeness (QED) is 0.0350. The van der Waals surface area contributed by atoms with E-state index in [-0.39, 0.29) is 89.4 Å². The van der Waals surface area contributed by atoms with E-state index in [0.29, 0.717) is 28.5 Å². The SMILES string of the molecule is CC(=O)NCCCC[C@@H]1NC(=O)[C@H](Cc2c[nH]c3c(C)cccc23)NC(=O)[C@H]([C@@H](C)O)NC(=O)[C@H](CCN)NC(=O)[C@@H](NC(C)=O)C(C)(C)SSC(C)(C)[C@@H](C(=O)N[C@@H](Cc2ccccc2)C(=O)N[C@@H](Cc2ccc3ccccc3c2)C(=O)NC2(C(C)=O)CCOCC2)NC1=O. The van der Waals surface area contributed by atoms with Gasteiger partial charge in [-0.2, -0.15) is 0 Å². The van der Waals surface area contributed by atoms with E-state index in [1.54, 1.807) is 64.2 Å². The highest BCUT2D eigenvalue weighted by Gasteiger charge is 2.46. The first-order valence-electron chi connectivity index (χ1n) is 32.4. The van der Waals surface area contributed by atoms with Crippen LogP contribution in [0.5, 0.6) is 0 Å². The molecule has 25 nitrogen and oxygen atoms in total. The number of aromatic nitrogens is 1. The van der Waals surface area contributed by atoms with Gasteiger partial charge in [0.05, 0.1) is 6.10 Å². The summed E-state index contributed by atoms with van der Waals surface area (Å²) in [6, 6.07) is 15.6. The Kier molecular flexibility index (Phi) is 26.6. The molecule has 96 heavy (non-hydrogen) atoms. The lowest BCUT2D eigenvalue weighted by molar-refractivity contribution is -0.138. The number of hydrogen-bond donors (Lipinski definition) is 13. The van der Waals surface area contributed by atoms with E-state index in [4.69, 9.17) is 10.5 Å². The van der Waals surface area contributed by atoms with E-state index >= 15 is 19.2 Å². The maximum absolute atomic E-state index is 15.8. The van der Waals surface area contributed by atoms with Gasteiger partial charge in [0, 0.05) is 92.3 Å². The molecule has 0 spiro atoms. The highest BCUT2D eigenvalue weighted by atomic mass is 33.1. The van der Waals surface area contributed by atoms with Gasteiger partial charge < -0.3 is 73.7 Å². The van der Waals surface area contributed by atoms with Crippen molar-refractivity contribution in [2.24, 2.45) is 5.73 Å². The minimum atomic E-state index is -1.74. The zero-order chi connectivity index (χ0) is 70.1. The molecular formula is C69H92N12O13S2. The Hall–Kier alpha value is -8.37. The van der Waals surface area contributed by atoms with Gasteiger partial charge in [-0.15, -0.1) is 0 Å². The lowest BCUT2D eigenvalue weighted by Crippen LogP contribution is -2.65. The van der Waals surface area contributed by atoms with Crippen LogP contribution in [-0.4, -0.2) is 171 Å². The molecule has 7 rings (SSSR count). The molecule has 2 aliphatic rings. The average Bonchev–Trinajstić information content (AvgIpc) is 1.68. The number of nitrogens with two attached hydrogens (primary N) is 1. The fourth-order valence-electron chi connectivity index (χ4n) is 11.7. The highest BCUT2D eigenvalue weighted by molar-refractivity contribution is 8.77. The Morgan fingerprint density at radius 1 is 0.656 bits per heavy atom. The third kappa shape index (κ3) is 20.3. The topological polar surface area (TPSA) is 379 Å². The summed E-state index contributed by atoms with van der Waals surface area (Å²) in [6.07, 6.45) is 0.374. The van der Waals surface area contributed by atoms with Crippen LogP contribution in [0.25, 0.3) is 21.7 Å². The largest absolute Gasteiger partial charge is 0.391 e. The van der Waals surface area contributed by atoms with Crippen molar-refractivity contribution in [2.75, 3.05) is 26.3 Å². The molecule has 3 heterocycles. The molecule has 5 aromatic rings. The molecule has 4 aromatic carbocycles. The Balaban J connectivity index is 1.33. The van der Waals surface area contributed by atoms with Crippen molar-refractivity contribution in [2.45, 2.75) is 190 Å². The van der Waals surface area contributed by atoms with Crippen LogP contribution in [0.2, 0.25) is 0 Å². The highest BCUT2D eigenvalue weighted by Crippen LogP contribution is 2.47. The maximum atomic E-state index is 15.8. The lowest BCUT2D eigenvalue weighted by Gasteiger charge is -2.39. The fourth-order valence-corrected chi connectivity index (χ4v) is 14.5. The number of fused-ring (bicyclic) bond motifs is 2. The van der Waals surface area contributed by atoms with E-state index in [2.05, 4.69) is 58.2 Å². The number of H-pyrrole nitrogens is 1. The molecule has 10 amide bonds. The predicted molar refractivity (Wildman–Crippen MR) is 368 cm³/mol. The number of rotatable bonds is 22. The van der Waals surface area contributed by atoms with Gasteiger partial charge in [-0.1, -0.05) is 113 Å². The number of hydrogen-bond acceptors (Lipinski definition) is 16. The number of aryl methyl sites for hydroxylation is 1. The number of aliphatic hydroxyl groups is 1. The van der Waals surface area contributed by atoms with E-state index in [1.165, 1.54) is 27.7 Å². The summed E-state index contributed by atoms with van der Waals surface area (Å²) in [6.45, 7) is 14.1. The van der Waals surface area contributed by atoms with Crippen molar-refractivity contribution in [3.8, 4) is 0 Å². The molecule has 14 N–H and O–H groups in total. The van der Waals surface area contributed by atoms with Gasteiger partial charge in [-0.25, -0.2) is 0 Å². The minimum Gasteiger partial charge on any atom is -0.391 e. The second-order valence-electron chi connectivity index (χ2n) is 25.9. The van der Waals surface area contributed by atoms with E-state index < -0.39 is 123 Å². The van der Waals surface area contributed by atoms with Crippen molar-refractivity contribution < 1.29 is 62.6 Å². The molecule has 518 valence electrons. The first-order valence-corrected chi connectivity index (χ1v) is 34.5. The van der Waals surface area contributed by atoms with Crippen LogP contribution in [0.3, 0.4) is 0 Å². The van der Waals surface area contributed by atoms with Gasteiger partial charge in [-0.3, -0.25) is 52.7 Å². The van der Waals surface area contributed by atoms with Crippen molar-refractivity contribution >= 4 is 108 Å². The number of Topliss-reactive ketones (excluding diaryl/α,β-unsaturated/α-hetero) is 1. The van der Waals surface area contributed by atoms with E-state index in [0.717, 1.165) is 43.4 Å². The van der Waals surface area contributed by atoms with Crippen LogP contribution in [-0.2, 0) is 76.7 Å².